The molecule has 0 aliphatic heterocycles. The van der Waals surface area contributed by atoms with Crippen LogP contribution < -0.4 is 11.5 Å². The van der Waals surface area contributed by atoms with E-state index in [0.717, 1.165) is 17.5 Å². The van der Waals surface area contributed by atoms with Crippen molar-refractivity contribution in [1.82, 2.24) is 4.98 Å². The standard InChI is InChI=1S/C9H13N3/c1-3-7-4-12-5-8(11)9(7)6(2)10/h4-5H,2-3,10-11H2,1H3. The van der Waals surface area contributed by atoms with Crippen LogP contribution in [-0.4, -0.2) is 4.98 Å². The molecule has 0 saturated heterocycles. The summed E-state index contributed by atoms with van der Waals surface area (Å²) >= 11 is 0. The maximum absolute atomic E-state index is 5.69. The van der Waals surface area contributed by atoms with Gasteiger partial charge in [0, 0.05) is 17.5 Å². The van der Waals surface area contributed by atoms with Crippen molar-refractivity contribution in [2.24, 2.45) is 5.73 Å². The van der Waals surface area contributed by atoms with Gasteiger partial charge in [-0.3, -0.25) is 4.98 Å². The molecule has 0 spiro atoms. The van der Waals surface area contributed by atoms with Gasteiger partial charge in [-0.2, -0.15) is 0 Å². The number of nitrogen functional groups attached to an aromatic ring is 1. The Balaban J connectivity index is 3.29. The van der Waals surface area contributed by atoms with Crippen LogP contribution in [0.15, 0.2) is 19.0 Å². The minimum Gasteiger partial charge on any atom is -0.399 e. The highest BCUT2D eigenvalue weighted by atomic mass is 14.7. The quantitative estimate of drug-likeness (QED) is 0.687. The average molecular weight is 163 g/mol. The third-order valence-electron chi connectivity index (χ3n) is 1.76. The van der Waals surface area contributed by atoms with E-state index in [1.165, 1.54) is 0 Å². The molecule has 0 amide bonds. The Morgan fingerprint density at radius 3 is 2.67 bits per heavy atom. The van der Waals surface area contributed by atoms with E-state index in [1.54, 1.807) is 12.4 Å². The lowest BCUT2D eigenvalue weighted by molar-refractivity contribution is 1.09. The number of rotatable bonds is 2. The predicted octanol–water partition coefficient (Wildman–Crippen LogP) is 1.16. The average Bonchev–Trinajstić information content (AvgIpc) is 2.03. The molecule has 3 nitrogen and oxygen atoms in total. The summed E-state index contributed by atoms with van der Waals surface area (Å²) in [6, 6.07) is 0. The molecule has 0 radical (unpaired) electrons. The highest BCUT2D eigenvalue weighted by Crippen LogP contribution is 2.20. The molecule has 0 atom stereocenters. The Bertz CT molecular complexity index is 305. The van der Waals surface area contributed by atoms with Crippen LogP contribution in [0.4, 0.5) is 5.69 Å². The van der Waals surface area contributed by atoms with Crippen LogP contribution in [0, 0.1) is 0 Å². The largest absolute Gasteiger partial charge is 0.399 e. The summed E-state index contributed by atoms with van der Waals surface area (Å²) in [5.41, 5.74) is 14.3. The van der Waals surface area contributed by atoms with Crippen molar-refractivity contribution in [2.75, 3.05) is 5.73 Å². The first-order valence-corrected chi connectivity index (χ1v) is 3.84. The zero-order valence-corrected chi connectivity index (χ0v) is 7.17. The monoisotopic (exact) mass is 163 g/mol. The first kappa shape index (κ1) is 8.59. The Hall–Kier alpha value is -1.51. The number of pyridine rings is 1. The maximum atomic E-state index is 5.69. The first-order chi connectivity index (χ1) is 5.66. The minimum absolute atomic E-state index is 0.506. The zero-order valence-electron chi connectivity index (χ0n) is 7.17. The van der Waals surface area contributed by atoms with Gasteiger partial charge in [0.1, 0.15) is 0 Å². The number of anilines is 1. The Morgan fingerprint density at radius 1 is 1.58 bits per heavy atom. The molecule has 0 unspecified atom stereocenters. The SMILES string of the molecule is C=C(N)c1c(N)cncc1CC. The van der Waals surface area contributed by atoms with Crippen LogP contribution in [0.25, 0.3) is 5.70 Å². The van der Waals surface area contributed by atoms with Crippen molar-refractivity contribution in [3.8, 4) is 0 Å². The van der Waals surface area contributed by atoms with Gasteiger partial charge in [-0.15, -0.1) is 0 Å². The summed E-state index contributed by atoms with van der Waals surface area (Å²) in [5.74, 6) is 0. The van der Waals surface area contributed by atoms with Gasteiger partial charge < -0.3 is 11.5 Å². The van der Waals surface area contributed by atoms with Crippen LogP contribution in [0.2, 0.25) is 0 Å². The van der Waals surface area contributed by atoms with Gasteiger partial charge in [0.15, 0.2) is 0 Å². The summed E-state index contributed by atoms with van der Waals surface area (Å²) in [6.45, 7) is 5.70. The lowest BCUT2D eigenvalue weighted by atomic mass is 10.0. The minimum atomic E-state index is 0.506. The van der Waals surface area contributed by atoms with Gasteiger partial charge in [-0.25, -0.2) is 0 Å². The van der Waals surface area contributed by atoms with Gasteiger partial charge in [-0.1, -0.05) is 13.5 Å². The zero-order chi connectivity index (χ0) is 9.14. The number of nitrogens with zero attached hydrogens (tertiary/aromatic N) is 1. The van der Waals surface area contributed by atoms with Gasteiger partial charge in [0.2, 0.25) is 0 Å². The molecule has 0 aliphatic rings. The van der Waals surface area contributed by atoms with E-state index < -0.39 is 0 Å². The van der Waals surface area contributed by atoms with Gasteiger partial charge in [0.05, 0.1) is 11.9 Å². The Morgan fingerprint density at radius 2 is 2.25 bits per heavy atom. The summed E-state index contributed by atoms with van der Waals surface area (Å²) in [6.07, 6.45) is 4.22. The van der Waals surface area contributed by atoms with Gasteiger partial charge in [-0.05, 0) is 12.0 Å². The molecular weight excluding hydrogens is 150 g/mol. The van der Waals surface area contributed by atoms with Crippen molar-refractivity contribution in [3.63, 3.8) is 0 Å². The molecule has 0 aliphatic carbocycles. The van der Waals surface area contributed by atoms with Gasteiger partial charge in [0.25, 0.3) is 0 Å². The van der Waals surface area contributed by atoms with E-state index in [1.807, 2.05) is 6.92 Å². The molecule has 0 bridgehead atoms. The van der Waals surface area contributed by atoms with Crippen molar-refractivity contribution in [3.05, 3.63) is 30.1 Å². The predicted molar refractivity (Wildman–Crippen MR) is 51.2 cm³/mol. The normalized spacial score (nSPS) is 9.75. The van der Waals surface area contributed by atoms with Crippen molar-refractivity contribution >= 4 is 11.4 Å². The molecule has 1 aromatic heterocycles. The fourth-order valence-corrected chi connectivity index (χ4v) is 1.18. The topological polar surface area (TPSA) is 64.9 Å². The van der Waals surface area contributed by atoms with Gasteiger partial charge >= 0.3 is 0 Å². The molecule has 1 heterocycles. The fourth-order valence-electron chi connectivity index (χ4n) is 1.18. The molecule has 0 fully saturated rings. The Kier molecular flexibility index (Phi) is 2.33. The lowest BCUT2D eigenvalue weighted by Gasteiger charge is -2.08. The van der Waals surface area contributed by atoms with E-state index in [4.69, 9.17) is 11.5 Å². The number of aryl methyl sites for hydroxylation is 1. The van der Waals surface area contributed by atoms with Crippen molar-refractivity contribution < 1.29 is 0 Å². The molecule has 4 N–H and O–H groups in total. The molecule has 1 rings (SSSR count). The van der Waals surface area contributed by atoms with Crippen LogP contribution in [0.1, 0.15) is 18.1 Å². The molecule has 1 aromatic rings. The maximum Gasteiger partial charge on any atom is 0.0597 e. The third kappa shape index (κ3) is 1.39. The molecule has 64 valence electrons. The highest BCUT2D eigenvalue weighted by Gasteiger charge is 2.05. The summed E-state index contributed by atoms with van der Waals surface area (Å²) in [5, 5.41) is 0. The number of nitrogens with two attached hydrogens (primary N) is 2. The third-order valence-corrected chi connectivity index (χ3v) is 1.76. The lowest BCUT2D eigenvalue weighted by Crippen LogP contribution is -2.04. The molecule has 12 heavy (non-hydrogen) atoms. The molecule has 3 heteroatoms. The van der Waals surface area contributed by atoms with E-state index in [2.05, 4.69) is 11.6 Å². The smallest absolute Gasteiger partial charge is 0.0597 e. The van der Waals surface area contributed by atoms with E-state index >= 15 is 0 Å². The highest BCUT2D eigenvalue weighted by molar-refractivity contribution is 5.73. The molecule has 0 saturated carbocycles. The summed E-state index contributed by atoms with van der Waals surface area (Å²) in [7, 11) is 0. The Labute approximate surface area is 72.1 Å². The summed E-state index contributed by atoms with van der Waals surface area (Å²) < 4.78 is 0. The second kappa shape index (κ2) is 3.26. The van der Waals surface area contributed by atoms with Crippen LogP contribution >= 0.6 is 0 Å². The second-order valence-electron chi connectivity index (χ2n) is 2.64. The van der Waals surface area contributed by atoms with Crippen LogP contribution in [-0.2, 0) is 6.42 Å². The fraction of sp³-hybridized carbons (Fsp3) is 0.222. The number of hydrogen-bond donors (Lipinski definition) is 2. The first-order valence-electron chi connectivity index (χ1n) is 3.84. The van der Waals surface area contributed by atoms with E-state index in [0.29, 0.717) is 11.4 Å². The van der Waals surface area contributed by atoms with Crippen LogP contribution in [0.3, 0.4) is 0 Å². The molecule has 0 aromatic carbocycles. The second-order valence-corrected chi connectivity index (χ2v) is 2.64. The van der Waals surface area contributed by atoms with Crippen molar-refractivity contribution in [2.45, 2.75) is 13.3 Å². The van der Waals surface area contributed by atoms with Crippen LogP contribution in [0.5, 0.6) is 0 Å². The number of hydrogen-bond acceptors (Lipinski definition) is 3. The number of aromatic nitrogens is 1. The van der Waals surface area contributed by atoms with E-state index in [9.17, 15) is 0 Å². The summed E-state index contributed by atoms with van der Waals surface area (Å²) in [4.78, 5) is 3.98. The van der Waals surface area contributed by atoms with E-state index in [-0.39, 0.29) is 0 Å². The van der Waals surface area contributed by atoms with Crippen molar-refractivity contribution in [1.29, 1.82) is 0 Å². The molecular formula is C9H13N3.